The molecule has 0 radical (unpaired) electrons. The molecule has 1 aliphatic heterocycles. The number of rotatable bonds is 53. The largest absolute Gasteiger partial charge is 0.394 e. The average Bonchev–Trinajstić information content (AvgIpc) is 3.37. The van der Waals surface area contributed by atoms with Gasteiger partial charge in [-0.05, 0) is 44.9 Å². The number of aliphatic hydroxyl groups is 6. The number of nitrogens with one attached hydrogen (secondary N) is 1. The van der Waals surface area contributed by atoms with Crippen LogP contribution in [0, 0.1) is 0 Å². The molecule has 0 aliphatic carbocycles. The highest BCUT2D eigenvalue weighted by Gasteiger charge is 2.44. The van der Waals surface area contributed by atoms with Crippen LogP contribution in [0.15, 0.2) is 24.3 Å². The fourth-order valence-electron chi connectivity index (χ4n) is 9.97. The number of hydrogen-bond acceptors (Lipinski definition) is 9. The van der Waals surface area contributed by atoms with E-state index in [4.69, 9.17) is 9.47 Å². The fraction of sp³-hybridized carbons (Fsp3) is 0.918. The van der Waals surface area contributed by atoms with Crippen LogP contribution in [0.2, 0.25) is 0 Å². The van der Waals surface area contributed by atoms with E-state index in [0.29, 0.717) is 12.8 Å². The Morgan fingerprint density at radius 3 is 1.21 bits per heavy atom. The summed E-state index contributed by atoms with van der Waals surface area (Å²) in [6, 6.07) is -0.893. The summed E-state index contributed by atoms with van der Waals surface area (Å²) in [4.78, 5) is 13.2. The number of allylic oxidation sites excluding steroid dienone is 4. The molecule has 0 spiro atoms. The van der Waals surface area contributed by atoms with Crippen molar-refractivity contribution in [2.45, 2.75) is 345 Å². The molecule has 0 aromatic heterocycles. The zero-order chi connectivity index (χ0) is 51.7. The second kappa shape index (κ2) is 50.8. The van der Waals surface area contributed by atoms with Gasteiger partial charge in [-0.1, -0.05) is 276 Å². The standard InChI is InChI=1S/C61H117NO9/c1-3-5-7-9-11-13-15-17-19-21-22-23-24-25-26-27-28-29-30-31-32-33-34-36-38-40-42-44-46-48-50-55(65)60(69)62-53(52-70-61-59(68)58(67)57(66)56(51-63)71-61)54(64)49-47-45-43-41-39-37-35-20-18-16-14-12-10-8-6-4-2/h22-23,25-26,53-59,61,63-68H,3-21,24,27-52H2,1-2H3,(H,62,69)/b23-22-,26-25-. The van der Waals surface area contributed by atoms with Crippen LogP contribution in [0.25, 0.3) is 0 Å². The van der Waals surface area contributed by atoms with Gasteiger partial charge in [0.15, 0.2) is 6.29 Å². The Kier molecular flexibility index (Phi) is 48.4. The second-order valence-electron chi connectivity index (χ2n) is 21.6. The Hall–Kier alpha value is -1.37. The van der Waals surface area contributed by atoms with Gasteiger partial charge in [0, 0.05) is 0 Å². The van der Waals surface area contributed by atoms with Gasteiger partial charge in [0.05, 0.1) is 25.4 Å². The maximum atomic E-state index is 13.2. The Labute approximate surface area is 437 Å². The van der Waals surface area contributed by atoms with Gasteiger partial charge in [-0.2, -0.15) is 0 Å². The van der Waals surface area contributed by atoms with E-state index in [1.165, 1.54) is 212 Å². The number of hydrogen-bond donors (Lipinski definition) is 7. The lowest BCUT2D eigenvalue weighted by Gasteiger charge is -2.40. The van der Waals surface area contributed by atoms with Gasteiger partial charge >= 0.3 is 0 Å². The van der Waals surface area contributed by atoms with Gasteiger partial charge in [-0.25, -0.2) is 0 Å². The number of amides is 1. The minimum absolute atomic E-state index is 0.253. The Morgan fingerprint density at radius 2 is 0.831 bits per heavy atom. The van der Waals surface area contributed by atoms with Crippen LogP contribution in [0.4, 0.5) is 0 Å². The van der Waals surface area contributed by atoms with E-state index < -0.39 is 61.5 Å². The van der Waals surface area contributed by atoms with Crippen molar-refractivity contribution in [1.82, 2.24) is 5.32 Å². The predicted octanol–water partition coefficient (Wildman–Crippen LogP) is 14.3. The summed E-state index contributed by atoms with van der Waals surface area (Å²) in [6.07, 6.45) is 53.9. The summed E-state index contributed by atoms with van der Waals surface area (Å²) in [5.41, 5.74) is 0. The lowest BCUT2D eigenvalue weighted by Crippen LogP contribution is -2.60. The molecule has 1 fully saturated rings. The van der Waals surface area contributed by atoms with E-state index >= 15 is 0 Å². The molecule has 10 heteroatoms. The molecule has 0 bridgehead atoms. The monoisotopic (exact) mass is 1010 g/mol. The van der Waals surface area contributed by atoms with E-state index in [0.717, 1.165) is 57.8 Å². The smallest absolute Gasteiger partial charge is 0.249 e. The molecule has 71 heavy (non-hydrogen) atoms. The SMILES string of the molecule is CCCCCCCCCCC/C=C\C/C=C\CCCCCCCCCCCCCCCCC(O)C(=O)NC(COC1OC(CO)C(O)C(O)C1O)C(O)CCCCCCCCCCCCCCCCCC. The number of carbonyl (C=O) groups excluding carboxylic acids is 1. The molecule has 0 aromatic carbocycles. The first kappa shape index (κ1) is 67.6. The molecule has 10 nitrogen and oxygen atoms in total. The van der Waals surface area contributed by atoms with Crippen LogP contribution >= 0.6 is 0 Å². The Balaban J connectivity index is 2.18. The van der Waals surface area contributed by atoms with Crippen LogP contribution in [-0.4, -0.2) is 98.7 Å². The zero-order valence-electron chi connectivity index (χ0n) is 46.4. The molecular weight excluding hydrogens is 891 g/mol. The quantitative estimate of drug-likeness (QED) is 0.0232. The first-order valence-electron chi connectivity index (χ1n) is 30.6. The number of unbranched alkanes of at least 4 members (excludes halogenated alkanes) is 38. The minimum Gasteiger partial charge on any atom is -0.394 e. The normalized spacial score (nSPS) is 19.8. The van der Waals surface area contributed by atoms with Gasteiger partial charge in [0.1, 0.15) is 30.5 Å². The maximum absolute atomic E-state index is 13.2. The molecule has 7 N–H and O–H groups in total. The van der Waals surface area contributed by atoms with Crippen molar-refractivity contribution < 1.29 is 44.9 Å². The van der Waals surface area contributed by atoms with Crippen molar-refractivity contribution in [3.05, 3.63) is 24.3 Å². The molecule has 1 amide bonds. The van der Waals surface area contributed by atoms with Crippen molar-refractivity contribution in [1.29, 1.82) is 0 Å². The molecule has 8 atom stereocenters. The minimum atomic E-state index is -1.60. The van der Waals surface area contributed by atoms with E-state index in [9.17, 15) is 35.4 Å². The first-order chi connectivity index (χ1) is 34.8. The van der Waals surface area contributed by atoms with Crippen molar-refractivity contribution in [3.8, 4) is 0 Å². The van der Waals surface area contributed by atoms with Crippen molar-refractivity contribution in [2.75, 3.05) is 13.2 Å². The van der Waals surface area contributed by atoms with Crippen molar-refractivity contribution >= 4 is 5.91 Å². The molecule has 1 saturated heterocycles. The highest BCUT2D eigenvalue weighted by atomic mass is 16.7. The predicted molar refractivity (Wildman–Crippen MR) is 296 cm³/mol. The van der Waals surface area contributed by atoms with Gasteiger partial charge < -0.3 is 45.4 Å². The molecule has 1 rings (SSSR count). The summed E-state index contributed by atoms with van der Waals surface area (Å²) < 4.78 is 11.2. The Bertz CT molecular complexity index is 1190. The molecule has 1 aliphatic rings. The van der Waals surface area contributed by atoms with E-state index in [1.807, 2.05) is 0 Å². The van der Waals surface area contributed by atoms with E-state index in [-0.39, 0.29) is 6.61 Å². The van der Waals surface area contributed by atoms with Gasteiger partial charge in [-0.3, -0.25) is 4.79 Å². The maximum Gasteiger partial charge on any atom is 0.249 e. The fourth-order valence-corrected chi connectivity index (χ4v) is 9.97. The molecule has 0 saturated carbocycles. The summed E-state index contributed by atoms with van der Waals surface area (Å²) in [5, 5.41) is 65.3. The van der Waals surface area contributed by atoms with Gasteiger partial charge in [0.2, 0.25) is 5.91 Å². The number of carbonyl (C=O) groups is 1. The van der Waals surface area contributed by atoms with Crippen LogP contribution < -0.4 is 5.32 Å². The molecular formula is C61H117NO9. The highest BCUT2D eigenvalue weighted by Crippen LogP contribution is 2.23. The Morgan fingerprint density at radius 1 is 0.479 bits per heavy atom. The van der Waals surface area contributed by atoms with Gasteiger partial charge in [-0.15, -0.1) is 0 Å². The third-order valence-electron chi connectivity index (χ3n) is 14.9. The van der Waals surface area contributed by atoms with Crippen LogP contribution in [-0.2, 0) is 14.3 Å². The van der Waals surface area contributed by atoms with Gasteiger partial charge in [0.25, 0.3) is 0 Å². The molecule has 8 unspecified atom stereocenters. The zero-order valence-corrected chi connectivity index (χ0v) is 46.4. The summed E-state index contributed by atoms with van der Waals surface area (Å²) >= 11 is 0. The first-order valence-corrected chi connectivity index (χ1v) is 30.6. The van der Waals surface area contributed by atoms with Crippen molar-refractivity contribution in [2.24, 2.45) is 0 Å². The number of aliphatic hydroxyl groups excluding tert-OH is 6. The third kappa shape index (κ3) is 39.7. The lowest BCUT2D eigenvalue weighted by atomic mass is 9.99. The summed E-state index contributed by atoms with van der Waals surface area (Å²) in [7, 11) is 0. The molecule has 1 heterocycles. The highest BCUT2D eigenvalue weighted by molar-refractivity contribution is 5.80. The third-order valence-corrected chi connectivity index (χ3v) is 14.9. The van der Waals surface area contributed by atoms with Crippen LogP contribution in [0.1, 0.15) is 296 Å². The van der Waals surface area contributed by atoms with Crippen LogP contribution in [0.3, 0.4) is 0 Å². The van der Waals surface area contributed by atoms with Crippen molar-refractivity contribution in [3.63, 3.8) is 0 Å². The van der Waals surface area contributed by atoms with Crippen LogP contribution in [0.5, 0.6) is 0 Å². The number of ether oxygens (including phenoxy) is 2. The van der Waals surface area contributed by atoms with E-state index in [1.54, 1.807) is 0 Å². The lowest BCUT2D eigenvalue weighted by molar-refractivity contribution is -0.302. The molecule has 0 aromatic rings. The second-order valence-corrected chi connectivity index (χ2v) is 21.6. The summed E-state index contributed by atoms with van der Waals surface area (Å²) in [5.74, 6) is -0.580. The summed E-state index contributed by atoms with van der Waals surface area (Å²) in [6.45, 7) is 3.71. The average molecular weight is 1010 g/mol. The molecule has 420 valence electrons. The topological polar surface area (TPSA) is 169 Å². The van der Waals surface area contributed by atoms with E-state index in [2.05, 4.69) is 43.5 Å².